The summed E-state index contributed by atoms with van der Waals surface area (Å²) < 4.78 is 2.51. The Hall–Kier alpha value is -1.12. The highest BCUT2D eigenvalue weighted by Crippen LogP contribution is 2.35. The molecule has 0 aliphatic heterocycles. The first-order valence-electron chi connectivity index (χ1n) is 4.32. The van der Waals surface area contributed by atoms with Crippen LogP contribution in [-0.4, -0.2) is 9.78 Å². The standard InChI is InChI=1S/C10H8BrN3S/c1-6-3-4-15-10(6)9-8(11)7(5-12)13-14(9)2/h3-4H,1-2H3. The SMILES string of the molecule is Cc1ccsc1-c1c(Br)c(C#N)nn1C. The van der Waals surface area contributed by atoms with Crippen molar-refractivity contribution in [2.75, 3.05) is 0 Å². The quantitative estimate of drug-likeness (QED) is 0.806. The summed E-state index contributed by atoms with van der Waals surface area (Å²) in [4.78, 5) is 1.15. The van der Waals surface area contributed by atoms with Gasteiger partial charge in [-0.2, -0.15) is 10.4 Å². The Morgan fingerprint density at radius 2 is 2.33 bits per heavy atom. The van der Waals surface area contributed by atoms with E-state index in [1.54, 1.807) is 16.0 Å². The molecule has 0 bridgehead atoms. The van der Waals surface area contributed by atoms with Crippen LogP contribution in [0.25, 0.3) is 10.6 Å². The molecular formula is C10H8BrN3S. The van der Waals surface area contributed by atoms with Crippen LogP contribution in [0.1, 0.15) is 11.3 Å². The van der Waals surface area contributed by atoms with Crippen molar-refractivity contribution < 1.29 is 0 Å². The van der Waals surface area contributed by atoms with Crippen LogP contribution < -0.4 is 0 Å². The van der Waals surface area contributed by atoms with E-state index in [2.05, 4.69) is 40.1 Å². The van der Waals surface area contributed by atoms with Gasteiger partial charge in [0.2, 0.25) is 0 Å². The molecule has 0 spiro atoms. The molecule has 0 fully saturated rings. The summed E-state index contributed by atoms with van der Waals surface area (Å²) >= 11 is 5.07. The van der Waals surface area contributed by atoms with E-state index in [0.29, 0.717) is 5.69 Å². The summed E-state index contributed by atoms with van der Waals surface area (Å²) in [6.45, 7) is 2.05. The van der Waals surface area contributed by atoms with Gasteiger partial charge in [-0.3, -0.25) is 4.68 Å². The number of aromatic nitrogens is 2. The maximum absolute atomic E-state index is 8.87. The molecular weight excluding hydrogens is 274 g/mol. The number of halogens is 1. The monoisotopic (exact) mass is 281 g/mol. The first-order valence-corrected chi connectivity index (χ1v) is 5.99. The Morgan fingerprint density at radius 1 is 1.60 bits per heavy atom. The highest BCUT2D eigenvalue weighted by molar-refractivity contribution is 9.10. The van der Waals surface area contributed by atoms with Gasteiger partial charge >= 0.3 is 0 Å². The van der Waals surface area contributed by atoms with E-state index in [0.717, 1.165) is 15.0 Å². The minimum atomic E-state index is 0.431. The number of nitrogens with zero attached hydrogens (tertiary/aromatic N) is 3. The van der Waals surface area contributed by atoms with Crippen molar-refractivity contribution in [3.63, 3.8) is 0 Å². The van der Waals surface area contributed by atoms with Gasteiger partial charge < -0.3 is 0 Å². The van der Waals surface area contributed by atoms with Gasteiger partial charge in [0.1, 0.15) is 6.07 Å². The van der Waals surface area contributed by atoms with E-state index in [-0.39, 0.29) is 0 Å². The normalized spacial score (nSPS) is 10.3. The Kier molecular flexibility index (Phi) is 2.63. The van der Waals surface area contributed by atoms with Crippen LogP contribution in [-0.2, 0) is 7.05 Å². The molecule has 0 saturated carbocycles. The summed E-state index contributed by atoms with van der Waals surface area (Å²) in [5.74, 6) is 0. The van der Waals surface area contributed by atoms with Gasteiger partial charge in [0, 0.05) is 7.05 Å². The van der Waals surface area contributed by atoms with Crippen molar-refractivity contribution in [2.45, 2.75) is 6.92 Å². The molecule has 0 aliphatic carbocycles. The maximum atomic E-state index is 8.87. The molecule has 3 nitrogen and oxygen atoms in total. The smallest absolute Gasteiger partial charge is 0.177 e. The maximum Gasteiger partial charge on any atom is 0.177 e. The zero-order valence-corrected chi connectivity index (χ0v) is 10.7. The van der Waals surface area contributed by atoms with Gasteiger partial charge in [0.05, 0.1) is 15.0 Å². The molecule has 0 aliphatic rings. The van der Waals surface area contributed by atoms with Gasteiger partial charge in [-0.25, -0.2) is 0 Å². The van der Waals surface area contributed by atoms with E-state index in [4.69, 9.17) is 5.26 Å². The second-order valence-electron chi connectivity index (χ2n) is 3.18. The third-order valence-electron chi connectivity index (χ3n) is 2.17. The number of thiophene rings is 1. The van der Waals surface area contributed by atoms with E-state index in [9.17, 15) is 0 Å². The molecule has 0 radical (unpaired) electrons. The highest BCUT2D eigenvalue weighted by atomic mass is 79.9. The van der Waals surface area contributed by atoms with Gasteiger partial charge in [-0.15, -0.1) is 11.3 Å². The fraction of sp³-hybridized carbons (Fsp3) is 0.200. The highest BCUT2D eigenvalue weighted by Gasteiger charge is 2.17. The van der Waals surface area contributed by atoms with Gasteiger partial charge in [0.15, 0.2) is 5.69 Å². The lowest BCUT2D eigenvalue weighted by Gasteiger charge is -2.00. The molecule has 2 heterocycles. The van der Waals surface area contributed by atoms with Crippen molar-refractivity contribution in [3.05, 3.63) is 27.2 Å². The van der Waals surface area contributed by atoms with Crippen LogP contribution in [0.15, 0.2) is 15.9 Å². The van der Waals surface area contributed by atoms with Crippen molar-refractivity contribution in [1.29, 1.82) is 5.26 Å². The predicted molar refractivity (Wildman–Crippen MR) is 63.7 cm³/mol. The number of rotatable bonds is 1. The fourth-order valence-electron chi connectivity index (χ4n) is 1.43. The van der Waals surface area contributed by atoms with Crippen molar-refractivity contribution in [3.8, 4) is 16.6 Å². The molecule has 0 saturated heterocycles. The molecule has 2 aromatic heterocycles. The Bertz CT molecular complexity index is 548. The molecule has 2 aromatic rings. The van der Waals surface area contributed by atoms with E-state index < -0.39 is 0 Å². The van der Waals surface area contributed by atoms with Gasteiger partial charge in [0.25, 0.3) is 0 Å². The molecule has 76 valence electrons. The first-order chi connectivity index (χ1) is 7.15. The molecule has 15 heavy (non-hydrogen) atoms. The van der Waals surface area contributed by atoms with Crippen LogP contribution in [0, 0.1) is 18.3 Å². The first kappa shape index (κ1) is 10.4. The summed E-state index contributed by atoms with van der Waals surface area (Å²) in [6, 6.07) is 4.12. The van der Waals surface area contributed by atoms with Crippen LogP contribution >= 0.6 is 27.3 Å². The molecule has 0 unspecified atom stereocenters. The zero-order chi connectivity index (χ0) is 11.0. The van der Waals surface area contributed by atoms with Crippen molar-refractivity contribution in [1.82, 2.24) is 9.78 Å². The Morgan fingerprint density at radius 3 is 2.80 bits per heavy atom. The van der Waals surface area contributed by atoms with Gasteiger partial charge in [-0.1, -0.05) is 0 Å². The van der Waals surface area contributed by atoms with E-state index in [1.165, 1.54) is 5.56 Å². The molecule has 0 aromatic carbocycles. The lowest BCUT2D eigenvalue weighted by atomic mass is 10.2. The number of aryl methyl sites for hydroxylation is 2. The lowest BCUT2D eigenvalue weighted by Crippen LogP contribution is -1.93. The van der Waals surface area contributed by atoms with Crippen LogP contribution in [0.3, 0.4) is 0 Å². The van der Waals surface area contributed by atoms with Crippen LogP contribution in [0.5, 0.6) is 0 Å². The molecule has 0 amide bonds. The summed E-state index contributed by atoms with van der Waals surface area (Å²) in [6.07, 6.45) is 0. The Labute approximate surface area is 100 Å². The second-order valence-corrected chi connectivity index (χ2v) is 4.89. The minimum absolute atomic E-state index is 0.431. The van der Waals surface area contributed by atoms with Gasteiger partial charge in [-0.05, 0) is 39.9 Å². The molecule has 2 rings (SSSR count). The molecule has 0 N–H and O–H groups in total. The predicted octanol–water partition coefficient (Wildman–Crippen LogP) is 3.09. The minimum Gasteiger partial charge on any atom is -0.265 e. The second kappa shape index (κ2) is 3.80. The van der Waals surface area contributed by atoms with Crippen molar-refractivity contribution in [2.24, 2.45) is 7.05 Å². The van der Waals surface area contributed by atoms with Crippen LogP contribution in [0.4, 0.5) is 0 Å². The largest absolute Gasteiger partial charge is 0.265 e. The molecule has 5 heteroatoms. The fourth-order valence-corrected chi connectivity index (χ4v) is 3.19. The average Bonchev–Trinajstić information content (AvgIpc) is 2.71. The topological polar surface area (TPSA) is 41.6 Å². The third kappa shape index (κ3) is 1.60. The molecule has 0 atom stereocenters. The Balaban J connectivity index is 2.69. The lowest BCUT2D eigenvalue weighted by molar-refractivity contribution is 0.772. The summed E-state index contributed by atoms with van der Waals surface area (Å²) in [5.41, 5.74) is 2.60. The average molecular weight is 282 g/mol. The van der Waals surface area contributed by atoms with E-state index >= 15 is 0 Å². The van der Waals surface area contributed by atoms with E-state index in [1.807, 2.05) is 12.4 Å². The summed E-state index contributed by atoms with van der Waals surface area (Å²) in [5, 5.41) is 15.0. The number of hydrogen-bond acceptors (Lipinski definition) is 3. The number of nitriles is 1. The van der Waals surface area contributed by atoms with Crippen molar-refractivity contribution >= 4 is 27.3 Å². The third-order valence-corrected chi connectivity index (χ3v) is 3.95. The number of hydrogen-bond donors (Lipinski definition) is 0. The van der Waals surface area contributed by atoms with Crippen LogP contribution in [0.2, 0.25) is 0 Å². The summed E-state index contributed by atoms with van der Waals surface area (Å²) in [7, 11) is 1.85. The zero-order valence-electron chi connectivity index (χ0n) is 8.28.